The molecule has 4 aromatic heterocycles. The molecule has 0 radical (unpaired) electrons. The minimum atomic E-state index is -4.66. The van der Waals surface area contributed by atoms with Crippen LogP contribution in [0.5, 0.6) is 0 Å². The minimum absolute atomic E-state index is 0.0391. The van der Waals surface area contributed by atoms with E-state index >= 15 is 0 Å². The van der Waals surface area contributed by atoms with Gasteiger partial charge in [0.1, 0.15) is 11.6 Å². The second-order valence-electron chi connectivity index (χ2n) is 19.5. The Morgan fingerprint density at radius 3 is 1.33 bits per heavy atom. The highest BCUT2D eigenvalue weighted by Gasteiger charge is 2.59. The molecular weight excluding hydrogens is 1120 g/mol. The first-order chi connectivity index (χ1) is 36.0. The lowest BCUT2D eigenvalue weighted by molar-refractivity contribution is -0.145. The summed E-state index contributed by atoms with van der Waals surface area (Å²) in [5.41, 5.74) is 3.87. The van der Waals surface area contributed by atoms with E-state index < -0.39 is 67.8 Å². The molecular formula is C51H43BrF8N8O6S2. The Bertz CT molecular complexity index is 3420. The second kappa shape index (κ2) is 20.4. The molecule has 4 aliphatic heterocycles. The molecule has 2 atom stereocenters. The van der Waals surface area contributed by atoms with Crippen LogP contribution in [0.2, 0.25) is 0 Å². The Kier molecular flexibility index (Phi) is 14.3. The van der Waals surface area contributed by atoms with Gasteiger partial charge in [0.25, 0.3) is 0 Å². The first kappa shape index (κ1) is 53.4. The zero-order chi connectivity index (χ0) is 54.1. The number of carbonyl (C=O) groups excluding carboxylic acids is 2. The highest BCUT2D eigenvalue weighted by atomic mass is 79.9. The van der Waals surface area contributed by atoms with E-state index in [0.29, 0.717) is 65.0 Å². The maximum Gasteiger partial charge on any atom is 0.451 e. The Balaban J connectivity index is 0.000000173. The number of hydrogen-bond acceptors (Lipinski definition) is 12. The quantitative estimate of drug-likeness (QED) is 0.0888. The lowest BCUT2D eigenvalue weighted by Crippen LogP contribution is -2.41. The van der Waals surface area contributed by atoms with Crippen LogP contribution in [0.3, 0.4) is 0 Å². The summed E-state index contributed by atoms with van der Waals surface area (Å²) in [4.78, 5) is 48.8. The van der Waals surface area contributed by atoms with Gasteiger partial charge in [-0.2, -0.15) is 35.0 Å². The van der Waals surface area contributed by atoms with Crippen LogP contribution in [0.1, 0.15) is 85.6 Å². The summed E-state index contributed by atoms with van der Waals surface area (Å²) in [5.74, 6) is -3.78. The van der Waals surface area contributed by atoms with Crippen molar-refractivity contribution in [1.82, 2.24) is 38.5 Å². The van der Waals surface area contributed by atoms with Crippen LogP contribution in [0.4, 0.5) is 35.1 Å². The average Bonchev–Trinajstić information content (AvgIpc) is 3.66. The van der Waals surface area contributed by atoms with Crippen molar-refractivity contribution in [3.8, 4) is 22.5 Å². The van der Waals surface area contributed by atoms with E-state index in [9.17, 15) is 61.5 Å². The average molecular weight is 1160 g/mol. The molecule has 3 aliphatic carbocycles. The van der Waals surface area contributed by atoms with Crippen molar-refractivity contribution in [3.05, 3.63) is 142 Å². The number of ketones is 2. The predicted octanol–water partition coefficient (Wildman–Crippen LogP) is 9.74. The number of sulfonamides is 2. The van der Waals surface area contributed by atoms with E-state index in [4.69, 9.17) is 0 Å². The topological polar surface area (TPSA) is 186 Å². The molecule has 2 aromatic carbocycles. The number of aryl methyl sites for hydroxylation is 2. The smallest absolute Gasteiger partial charge is 0.298 e. The zero-order valence-electron chi connectivity index (χ0n) is 39.6. The van der Waals surface area contributed by atoms with Crippen LogP contribution < -0.4 is 0 Å². The number of aromatic nitrogens is 6. The molecule has 14 nitrogen and oxygen atoms in total. The normalized spacial score (nSPS) is 22.3. The number of Topliss-reactive ketones (excluding diaryl/α,β-unsaturated/α-hetero) is 2. The number of hydrogen-bond donors (Lipinski definition) is 0. The second-order valence-corrected chi connectivity index (χ2v) is 24.0. The Labute approximate surface area is 438 Å². The van der Waals surface area contributed by atoms with Gasteiger partial charge in [0, 0.05) is 77.7 Å². The molecule has 25 heteroatoms. The van der Waals surface area contributed by atoms with Gasteiger partial charge < -0.3 is 0 Å². The summed E-state index contributed by atoms with van der Waals surface area (Å²) < 4.78 is 160. The van der Waals surface area contributed by atoms with Crippen LogP contribution in [0, 0.1) is 23.5 Å². The molecule has 6 aromatic rings. The van der Waals surface area contributed by atoms with Crippen molar-refractivity contribution < 1.29 is 61.5 Å². The number of alkyl halides is 6. The fourth-order valence-corrected chi connectivity index (χ4v) is 14.7. The molecule has 0 N–H and O–H groups in total. The van der Waals surface area contributed by atoms with Crippen molar-refractivity contribution >= 4 is 47.5 Å². The van der Waals surface area contributed by atoms with Gasteiger partial charge in [-0.05, 0) is 162 Å². The van der Waals surface area contributed by atoms with E-state index in [1.54, 1.807) is 18.3 Å². The SMILES string of the molecule is O=C(CCc1cc(-c2cnc(C(F)(F)F)nc2)ncc1Br)C1C2CC(C2)N1S(=O)(=O)c1ccc(F)cc1.O=C(CCc1cc(-c2cnc(C(F)(F)F)nc2)ncc1C1CC1)[C@@H]1C2CC(C2)N1S(=O)(=O)c1ccc(F)cc1. The molecule has 1 unspecified atom stereocenters. The standard InChI is InChI=1S/C27H24F4N4O3S.C24H19BrF4N4O3S/c28-19-4-6-21(7-5-19)39(37,38)35-20-9-17(10-20)25(35)24(36)8-3-16-11-23(32-14-22(16)15-1-2-15)18-12-33-26(34-13-18)27(29,30)31;25-19-12-30-20(15-10-31-23(32-11-15)24(27,28)29)9-13(19)1-6-21(34)22-14-7-17(8-14)33(22)37(35,36)18-4-2-16(26)3-5-18/h4-7,11-15,17,20,25H,1-3,8-10H2;2-5,9-12,14,17,22H,1,6-8H2/t17?,20?,25-;/m0./s1. The number of benzene rings is 2. The number of pyridine rings is 2. The Morgan fingerprint density at radius 1 is 0.553 bits per heavy atom. The largest absolute Gasteiger partial charge is 0.451 e. The predicted molar refractivity (Wildman–Crippen MR) is 258 cm³/mol. The zero-order valence-corrected chi connectivity index (χ0v) is 42.8. The first-order valence-corrected chi connectivity index (χ1v) is 27.7. The summed E-state index contributed by atoms with van der Waals surface area (Å²) >= 11 is 3.38. The molecule has 3 saturated carbocycles. The lowest BCUT2D eigenvalue weighted by atomic mass is 9.81. The third kappa shape index (κ3) is 10.7. The molecule has 13 rings (SSSR count). The number of nitrogens with zero attached hydrogens (tertiary/aromatic N) is 8. The van der Waals surface area contributed by atoms with Crippen molar-refractivity contribution in [1.29, 1.82) is 0 Å². The molecule has 4 saturated heterocycles. The van der Waals surface area contributed by atoms with Crippen molar-refractivity contribution in [2.24, 2.45) is 11.8 Å². The molecule has 0 amide bonds. The van der Waals surface area contributed by atoms with Crippen LogP contribution in [-0.4, -0.2) is 91.1 Å². The van der Waals surface area contributed by atoms with Gasteiger partial charge >= 0.3 is 12.4 Å². The van der Waals surface area contributed by atoms with Gasteiger partial charge in [0.2, 0.25) is 31.7 Å². The first-order valence-electron chi connectivity index (χ1n) is 24.0. The van der Waals surface area contributed by atoms with E-state index in [2.05, 4.69) is 45.8 Å². The maximum atomic E-state index is 13.5. The highest BCUT2D eigenvalue weighted by molar-refractivity contribution is 9.10. The van der Waals surface area contributed by atoms with E-state index in [-0.39, 0.29) is 70.1 Å². The van der Waals surface area contributed by atoms with Gasteiger partial charge in [0.05, 0.1) is 33.3 Å². The van der Waals surface area contributed by atoms with Gasteiger partial charge in [-0.15, -0.1) is 0 Å². The molecule has 8 heterocycles. The van der Waals surface area contributed by atoms with Gasteiger partial charge in [0.15, 0.2) is 11.6 Å². The molecule has 398 valence electrons. The number of fused-ring (bicyclic) bond motifs is 2. The minimum Gasteiger partial charge on any atom is -0.298 e. The lowest BCUT2D eigenvalue weighted by Gasteiger charge is -2.25. The fraction of sp³-hybridized carbons (Fsp3) is 0.373. The summed E-state index contributed by atoms with van der Waals surface area (Å²) in [6.07, 6.45) is 3.28. The maximum absolute atomic E-state index is 13.5. The van der Waals surface area contributed by atoms with Gasteiger partial charge in [-0.1, -0.05) is 0 Å². The number of carbonyl (C=O) groups is 2. The molecule has 76 heavy (non-hydrogen) atoms. The van der Waals surface area contributed by atoms with Crippen molar-refractivity contribution in [3.63, 3.8) is 0 Å². The molecule has 7 fully saturated rings. The van der Waals surface area contributed by atoms with Crippen LogP contribution in [0.15, 0.2) is 112 Å². The number of rotatable bonds is 15. The fourth-order valence-electron chi connectivity index (χ4n) is 10.5. The van der Waals surface area contributed by atoms with E-state index in [0.717, 1.165) is 73.0 Å². The van der Waals surface area contributed by atoms with Crippen LogP contribution in [0.25, 0.3) is 22.5 Å². The third-order valence-corrected chi connectivity index (χ3v) is 19.2. The van der Waals surface area contributed by atoms with E-state index in [1.165, 1.54) is 39.1 Å². The molecule has 7 aliphatic rings. The number of halogens is 9. The highest BCUT2D eigenvalue weighted by Crippen LogP contribution is 2.51. The summed E-state index contributed by atoms with van der Waals surface area (Å²) in [5, 5.41) is 0. The van der Waals surface area contributed by atoms with E-state index in [1.807, 2.05) is 0 Å². The monoisotopic (exact) mass is 1160 g/mol. The summed E-state index contributed by atoms with van der Waals surface area (Å²) in [6, 6.07) is 10.5. The van der Waals surface area contributed by atoms with Crippen molar-refractivity contribution in [2.75, 3.05) is 0 Å². The van der Waals surface area contributed by atoms with Crippen molar-refractivity contribution in [2.45, 2.75) is 116 Å². The Morgan fingerprint density at radius 2 is 0.934 bits per heavy atom. The van der Waals surface area contributed by atoms with Gasteiger partial charge in [-0.25, -0.2) is 45.6 Å². The molecule has 4 bridgehead atoms. The summed E-state index contributed by atoms with van der Waals surface area (Å²) in [6.45, 7) is 0. The van der Waals surface area contributed by atoms with Crippen LogP contribution >= 0.6 is 15.9 Å². The molecule has 0 spiro atoms. The third-order valence-electron chi connectivity index (χ3n) is 14.6. The van der Waals surface area contributed by atoms with Crippen LogP contribution in [-0.2, 0) is 54.8 Å². The van der Waals surface area contributed by atoms with Gasteiger partial charge in [-0.3, -0.25) is 19.6 Å². The Hall–Kier alpha value is -6.02. The summed E-state index contributed by atoms with van der Waals surface area (Å²) in [7, 11) is -7.94.